The fourth-order valence-corrected chi connectivity index (χ4v) is 1.49. The molecule has 3 N–H and O–H groups in total. The predicted octanol–water partition coefficient (Wildman–Crippen LogP) is -1.98. The zero-order valence-corrected chi connectivity index (χ0v) is 7.45. The van der Waals surface area contributed by atoms with Crippen LogP contribution in [0.1, 0.15) is 6.42 Å². The number of aliphatic hydroxyl groups is 1. The minimum Gasteiger partial charge on any atom is -0.386 e. The van der Waals surface area contributed by atoms with Crippen molar-refractivity contribution < 1.29 is 9.84 Å². The van der Waals surface area contributed by atoms with Gasteiger partial charge in [0.15, 0.2) is 0 Å². The van der Waals surface area contributed by atoms with Crippen LogP contribution in [0.4, 0.5) is 0 Å². The van der Waals surface area contributed by atoms with Crippen molar-refractivity contribution in [1.29, 1.82) is 0 Å². The summed E-state index contributed by atoms with van der Waals surface area (Å²) in [5.41, 5.74) is -2.19. The van der Waals surface area contributed by atoms with Crippen molar-refractivity contribution in [2.24, 2.45) is 0 Å². The Labute approximate surface area is 78.3 Å². The van der Waals surface area contributed by atoms with E-state index in [0.29, 0.717) is 13.0 Å². The molecule has 1 atom stereocenters. The van der Waals surface area contributed by atoms with Crippen LogP contribution in [0.25, 0.3) is 0 Å². The summed E-state index contributed by atoms with van der Waals surface area (Å²) in [5.74, 6) is 0. The average Bonchev–Trinajstić information content (AvgIpc) is 2.68. The molecular weight excluding hydrogens is 190 g/mol. The molecule has 0 bridgehead atoms. The van der Waals surface area contributed by atoms with Gasteiger partial charge in [-0.05, 0) is 0 Å². The first-order valence-corrected chi connectivity index (χ1v) is 4.28. The van der Waals surface area contributed by atoms with Gasteiger partial charge in [0.05, 0.1) is 13.2 Å². The number of ether oxygens (including phenoxy) is 1. The lowest BCUT2D eigenvalue weighted by Crippen LogP contribution is -2.41. The van der Waals surface area contributed by atoms with E-state index in [1.807, 2.05) is 0 Å². The van der Waals surface area contributed by atoms with Crippen molar-refractivity contribution in [3.05, 3.63) is 21.0 Å². The fraction of sp³-hybridized carbons (Fsp3) is 0.714. The molecule has 2 heterocycles. The third kappa shape index (κ3) is 1.51. The lowest BCUT2D eigenvalue weighted by Gasteiger charge is -2.18. The van der Waals surface area contributed by atoms with Crippen molar-refractivity contribution in [1.82, 2.24) is 14.8 Å². The summed E-state index contributed by atoms with van der Waals surface area (Å²) >= 11 is 0. The van der Waals surface area contributed by atoms with Crippen LogP contribution in [0.15, 0.2) is 9.59 Å². The van der Waals surface area contributed by atoms with Crippen LogP contribution in [-0.4, -0.2) is 38.7 Å². The Balaban J connectivity index is 2.26. The average molecular weight is 201 g/mol. The predicted molar refractivity (Wildman–Crippen MR) is 46.1 cm³/mol. The third-order valence-corrected chi connectivity index (χ3v) is 2.30. The molecule has 1 aromatic heterocycles. The van der Waals surface area contributed by atoms with Crippen LogP contribution in [-0.2, 0) is 11.3 Å². The Kier molecular flexibility index (Phi) is 2.05. The van der Waals surface area contributed by atoms with E-state index >= 15 is 0 Å². The number of hydrogen-bond acceptors (Lipinski definition) is 4. The molecule has 0 amide bonds. The SMILES string of the molecule is O=c1[nH][nH]c(=O)n1CC1(O)CCOC1. The molecule has 1 fully saturated rings. The van der Waals surface area contributed by atoms with Gasteiger partial charge >= 0.3 is 11.4 Å². The van der Waals surface area contributed by atoms with Crippen molar-refractivity contribution >= 4 is 0 Å². The number of rotatable bonds is 2. The maximum Gasteiger partial charge on any atom is 0.344 e. The number of hydrogen-bond donors (Lipinski definition) is 3. The van der Waals surface area contributed by atoms with Gasteiger partial charge in [-0.1, -0.05) is 0 Å². The highest BCUT2D eigenvalue weighted by Crippen LogP contribution is 2.18. The minimum absolute atomic E-state index is 0.0370. The van der Waals surface area contributed by atoms with E-state index in [9.17, 15) is 14.7 Å². The first kappa shape index (κ1) is 9.22. The van der Waals surface area contributed by atoms with Crippen LogP contribution in [0.2, 0.25) is 0 Å². The molecule has 2 rings (SSSR count). The van der Waals surface area contributed by atoms with Crippen LogP contribution in [0.5, 0.6) is 0 Å². The summed E-state index contributed by atoms with van der Waals surface area (Å²) in [6.45, 7) is 0.572. The molecule has 0 radical (unpaired) electrons. The van der Waals surface area contributed by atoms with E-state index in [-0.39, 0.29) is 13.2 Å². The highest BCUT2D eigenvalue weighted by atomic mass is 16.5. The number of H-pyrrole nitrogens is 2. The van der Waals surface area contributed by atoms with Crippen LogP contribution in [0.3, 0.4) is 0 Å². The standard InChI is InChI=1S/C7H11N3O4/c11-5-8-9-6(12)10(5)3-7(13)1-2-14-4-7/h13H,1-4H2,(H,8,11)(H,9,12). The van der Waals surface area contributed by atoms with E-state index in [2.05, 4.69) is 10.2 Å². The van der Waals surface area contributed by atoms with Gasteiger partial charge in [0.2, 0.25) is 0 Å². The molecule has 1 aromatic rings. The zero-order chi connectivity index (χ0) is 10.2. The molecule has 7 nitrogen and oxygen atoms in total. The number of aromatic nitrogens is 3. The van der Waals surface area contributed by atoms with E-state index in [0.717, 1.165) is 4.57 Å². The maximum atomic E-state index is 11.1. The van der Waals surface area contributed by atoms with E-state index < -0.39 is 17.0 Å². The molecule has 0 aromatic carbocycles. The summed E-state index contributed by atoms with van der Waals surface area (Å²) in [6.07, 6.45) is 0.435. The van der Waals surface area contributed by atoms with Gasteiger partial charge in [-0.25, -0.2) is 24.4 Å². The molecule has 1 aliphatic rings. The Morgan fingerprint density at radius 2 is 2.07 bits per heavy atom. The molecule has 78 valence electrons. The van der Waals surface area contributed by atoms with Gasteiger partial charge in [-0.2, -0.15) is 0 Å². The number of aromatic amines is 2. The molecule has 1 unspecified atom stereocenters. The van der Waals surface area contributed by atoms with Gasteiger partial charge < -0.3 is 9.84 Å². The number of nitrogens with one attached hydrogen (secondary N) is 2. The second kappa shape index (κ2) is 3.10. The van der Waals surface area contributed by atoms with Crippen molar-refractivity contribution in [2.75, 3.05) is 13.2 Å². The molecule has 7 heteroatoms. The molecular formula is C7H11N3O4. The van der Waals surface area contributed by atoms with Crippen LogP contribution in [0, 0.1) is 0 Å². The fourth-order valence-electron chi connectivity index (χ4n) is 1.49. The lowest BCUT2D eigenvalue weighted by atomic mass is 10.0. The second-order valence-electron chi connectivity index (χ2n) is 3.47. The Morgan fingerprint density at radius 1 is 1.43 bits per heavy atom. The highest BCUT2D eigenvalue weighted by Gasteiger charge is 2.33. The van der Waals surface area contributed by atoms with Gasteiger partial charge in [0, 0.05) is 13.0 Å². The first-order valence-electron chi connectivity index (χ1n) is 4.28. The minimum atomic E-state index is -1.10. The van der Waals surface area contributed by atoms with Crippen molar-refractivity contribution in [3.8, 4) is 0 Å². The van der Waals surface area contributed by atoms with E-state index in [1.54, 1.807) is 0 Å². The molecule has 0 saturated carbocycles. The van der Waals surface area contributed by atoms with E-state index in [1.165, 1.54) is 0 Å². The molecule has 1 aliphatic heterocycles. The highest BCUT2D eigenvalue weighted by molar-refractivity contribution is 4.84. The van der Waals surface area contributed by atoms with Gasteiger partial charge in [0.25, 0.3) is 0 Å². The maximum absolute atomic E-state index is 11.1. The molecule has 0 aliphatic carbocycles. The molecule has 0 spiro atoms. The normalized spacial score (nSPS) is 26.9. The van der Waals surface area contributed by atoms with Gasteiger partial charge in [-0.3, -0.25) is 0 Å². The smallest absolute Gasteiger partial charge is 0.344 e. The second-order valence-corrected chi connectivity index (χ2v) is 3.47. The Hall–Kier alpha value is -1.34. The monoisotopic (exact) mass is 201 g/mol. The molecule has 14 heavy (non-hydrogen) atoms. The zero-order valence-electron chi connectivity index (χ0n) is 7.45. The summed E-state index contributed by atoms with van der Waals surface area (Å²) in [6, 6.07) is 0. The lowest BCUT2D eigenvalue weighted by molar-refractivity contribution is 0.0103. The first-order chi connectivity index (χ1) is 6.61. The third-order valence-electron chi connectivity index (χ3n) is 2.30. The van der Waals surface area contributed by atoms with Gasteiger partial charge in [0.1, 0.15) is 5.60 Å². The quantitative estimate of drug-likeness (QED) is 0.516. The summed E-state index contributed by atoms with van der Waals surface area (Å²) in [4.78, 5) is 22.2. The largest absolute Gasteiger partial charge is 0.386 e. The van der Waals surface area contributed by atoms with Crippen LogP contribution >= 0.6 is 0 Å². The van der Waals surface area contributed by atoms with E-state index in [4.69, 9.17) is 4.74 Å². The number of nitrogens with zero attached hydrogens (tertiary/aromatic N) is 1. The van der Waals surface area contributed by atoms with Crippen LogP contribution < -0.4 is 11.4 Å². The summed E-state index contributed by atoms with van der Waals surface area (Å²) in [5, 5.41) is 14.2. The molecule has 1 saturated heterocycles. The van der Waals surface area contributed by atoms with Crippen molar-refractivity contribution in [3.63, 3.8) is 0 Å². The topological polar surface area (TPSA) is 100 Å². The van der Waals surface area contributed by atoms with Gasteiger partial charge in [-0.15, -0.1) is 0 Å². The summed E-state index contributed by atoms with van der Waals surface area (Å²) < 4.78 is 5.93. The summed E-state index contributed by atoms with van der Waals surface area (Å²) in [7, 11) is 0. The Bertz CT molecular complexity index is 395. The Morgan fingerprint density at radius 3 is 2.57 bits per heavy atom. The van der Waals surface area contributed by atoms with Crippen molar-refractivity contribution in [2.45, 2.75) is 18.6 Å².